The van der Waals surface area contributed by atoms with Gasteiger partial charge in [0.15, 0.2) is 0 Å². The molecule has 8 heteroatoms. The number of likely N-dealkylation sites (tertiary alicyclic amines) is 1. The molecule has 3 amide bonds. The molecule has 200 valence electrons. The molecule has 4 rings (SSSR count). The van der Waals surface area contributed by atoms with Crippen LogP contribution in [0, 0.1) is 25.7 Å². The topological polar surface area (TPSA) is 81.2 Å². The Morgan fingerprint density at radius 1 is 1.16 bits per heavy atom. The van der Waals surface area contributed by atoms with Crippen molar-refractivity contribution in [1.29, 1.82) is 0 Å². The molecule has 3 saturated heterocycles. The number of para-hydroxylation sites is 1. The third-order valence-electron chi connectivity index (χ3n) is 8.19. The average molecular weight is 526 g/mol. The largest absolute Gasteiger partial charge is 0.396 e. The molecular formula is C29H39N3O4S. The van der Waals surface area contributed by atoms with E-state index in [-0.39, 0.29) is 29.6 Å². The number of thioether (sulfide) groups is 1. The van der Waals surface area contributed by atoms with E-state index in [1.54, 1.807) is 45.7 Å². The maximum atomic E-state index is 14.6. The van der Waals surface area contributed by atoms with Gasteiger partial charge in [-0.05, 0) is 50.7 Å². The van der Waals surface area contributed by atoms with Crippen molar-refractivity contribution in [3.8, 4) is 0 Å². The van der Waals surface area contributed by atoms with E-state index in [2.05, 4.69) is 13.2 Å². The number of carbonyl (C=O) groups is 3. The molecule has 1 spiro atoms. The molecule has 0 saturated carbocycles. The number of aliphatic hydroxyl groups excluding tert-OH is 1. The molecule has 1 aromatic rings. The fraction of sp³-hybridized carbons (Fsp3) is 0.552. The number of carbonyl (C=O) groups excluding carboxylic acids is 3. The predicted octanol–water partition coefficient (Wildman–Crippen LogP) is 3.33. The highest BCUT2D eigenvalue weighted by Gasteiger charge is 2.74. The highest BCUT2D eigenvalue weighted by molar-refractivity contribution is 8.02. The summed E-state index contributed by atoms with van der Waals surface area (Å²) in [5.74, 6) is -1.22. The Morgan fingerprint density at radius 2 is 1.84 bits per heavy atom. The van der Waals surface area contributed by atoms with E-state index >= 15 is 0 Å². The van der Waals surface area contributed by atoms with Gasteiger partial charge in [0.1, 0.15) is 6.04 Å². The van der Waals surface area contributed by atoms with Crippen LogP contribution >= 0.6 is 11.8 Å². The third-order valence-corrected chi connectivity index (χ3v) is 10.1. The standard InChI is InChI=1S/C29H39N3O4S/c1-6-15-30(5)26(34)22-21-13-14-29(37-21)23(22)27(35)32(17-8-9-18-33)25(29)28(36)31(16-7-2)24-19(3)11-10-12-20(24)4/h6-7,10-12,21-23,25,33H,1-2,8-9,13-18H2,3-5H3/t21-,22+,23-,25?,29?/m0/s1. The number of aliphatic hydroxyl groups is 1. The van der Waals surface area contributed by atoms with Gasteiger partial charge in [0.25, 0.3) is 5.91 Å². The van der Waals surface area contributed by atoms with Gasteiger partial charge in [-0.1, -0.05) is 30.4 Å². The lowest BCUT2D eigenvalue weighted by Crippen LogP contribution is -2.55. The van der Waals surface area contributed by atoms with Crippen LogP contribution in [0.4, 0.5) is 5.69 Å². The van der Waals surface area contributed by atoms with Crippen molar-refractivity contribution in [1.82, 2.24) is 9.80 Å². The van der Waals surface area contributed by atoms with Crippen molar-refractivity contribution >= 4 is 35.2 Å². The molecule has 3 heterocycles. The molecule has 3 aliphatic rings. The number of benzene rings is 1. The lowest BCUT2D eigenvalue weighted by atomic mass is 9.70. The van der Waals surface area contributed by atoms with Crippen LogP contribution in [0.5, 0.6) is 0 Å². The van der Waals surface area contributed by atoms with Crippen LogP contribution in [-0.2, 0) is 14.4 Å². The molecule has 1 aromatic carbocycles. The van der Waals surface area contributed by atoms with Crippen molar-refractivity contribution in [2.75, 3.05) is 38.2 Å². The molecule has 3 fully saturated rings. The van der Waals surface area contributed by atoms with Gasteiger partial charge in [-0.2, -0.15) is 0 Å². The number of anilines is 1. The van der Waals surface area contributed by atoms with E-state index in [0.717, 1.165) is 29.7 Å². The van der Waals surface area contributed by atoms with Gasteiger partial charge in [-0.3, -0.25) is 14.4 Å². The van der Waals surface area contributed by atoms with Crippen LogP contribution in [0.25, 0.3) is 0 Å². The van der Waals surface area contributed by atoms with Gasteiger partial charge in [0.2, 0.25) is 11.8 Å². The maximum Gasteiger partial charge on any atom is 0.251 e. The summed E-state index contributed by atoms with van der Waals surface area (Å²) in [6, 6.07) is 5.29. The number of nitrogens with zero attached hydrogens (tertiary/aromatic N) is 3. The lowest BCUT2D eigenvalue weighted by molar-refractivity contribution is -0.143. The smallest absolute Gasteiger partial charge is 0.251 e. The van der Waals surface area contributed by atoms with E-state index in [1.165, 1.54) is 0 Å². The SMILES string of the molecule is C=CCN(C)C(=O)[C@@H]1[C@@H]2CCC3(S2)C(C(=O)N(CC=C)c2c(C)cccc2C)N(CCCCO)C(=O)[C@H]13. The number of unbranched alkanes of at least 4 members (excludes halogenated alkanes) is 1. The molecule has 0 aromatic heterocycles. The van der Waals surface area contributed by atoms with Crippen LogP contribution in [0.1, 0.15) is 36.8 Å². The first-order chi connectivity index (χ1) is 17.7. The maximum absolute atomic E-state index is 14.6. The van der Waals surface area contributed by atoms with Gasteiger partial charge in [-0.15, -0.1) is 24.9 Å². The van der Waals surface area contributed by atoms with Crippen LogP contribution in [0.2, 0.25) is 0 Å². The van der Waals surface area contributed by atoms with Crippen LogP contribution in [-0.4, -0.2) is 82.0 Å². The van der Waals surface area contributed by atoms with E-state index in [0.29, 0.717) is 32.5 Å². The zero-order valence-electron chi connectivity index (χ0n) is 22.2. The van der Waals surface area contributed by atoms with Crippen molar-refractivity contribution in [3.63, 3.8) is 0 Å². The fourth-order valence-corrected chi connectivity index (χ4v) is 8.89. The van der Waals surface area contributed by atoms with Crippen molar-refractivity contribution in [2.45, 2.75) is 55.6 Å². The summed E-state index contributed by atoms with van der Waals surface area (Å²) in [5, 5.41) is 9.41. The van der Waals surface area contributed by atoms with Crippen molar-refractivity contribution in [3.05, 3.63) is 54.6 Å². The van der Waals surface area contributed by atoms with E-state index in [9.17, 15) is 19.5 Å². The number of hydrogen-bond donors (Lipinski definition) is 1. The molecule has 5 atom stereocenters. The van der Waals surface area contributed by atoms with Gasteiger partial charge >= 0.3 is 0 Å². The molecule has 0 radical (unpaired) electrons. The monoisotopic (exact) mass is 525 g/mol. The predicted molar refractivity (Wildman–Crippen MR) is 148 cm³/mol. The van der Waals surface area contributed by atoms with Crippen LogP contribution < -0.4 is 4.90 Å². The highest BCUT2D eigenvalue weighted by Crippen LogP contribution is 2.66. The number of fused-ring (bicyclic) bond motifs is 1. The Labute approximate surface area is 224 Å². The van der Waals surface area contributed by atoms with Crippen molar-refractivity contribution < 1.29 is 19.5 Å². The highest BCUT2D eigenvalue weighted by atomic mass is 32.2. The number of likely N-dealkylation sites (N-methyl/N-ethyl adjacent to an activating group) is 1. The molecular weight excluding hydrogens is 486 g/mol. The first-order valence-electron chi connectivity index (χ1n) is 13.2. The van der Waals surface area contributed by atoms with Gasteiger partial charge in [-0.25, -0.2) is 0 Å². The minimum atomic E-state index is -0.667. The Kier molecular flexibility index (Phi) is 8.19. The third kappa shape index (κ3) is 4.52. The minimum absolute atomic E-state index is 0.0247. The summed E-state index contributed by atoms with van der Waals surface area (Å²) in [7, 11) is 1.75. The summed E-state index contributed by atoms with van der Waals surface area (Å²) in [4.78, 5) is 47.4. The van der Waals surface area contributed by atoms with Gasteiger partial charge in [0.05, 0.1) is 16.6 Å². The Bertz CT molecular complexity index is 1070. The molecule has 0 aliphatic carbocycles. The van der Waals surface area contributed by atoms with E-state index in [1.807, 2.05) is 32.0 Å². The number of rotatable bonds is 11. The molecule has 3 aliphatic heterocycles. The summed E-state index contributed by atoms with van der Waals surface area (Å²) in [6.45, 7) is 12.8. The summed E-state index contributed by atoms with van der Waals surface area (Å²) >= 11 is 1.69. The zero-order chi connectivity index (χ0) is 26.9. The molecule has 2 bridgehead atoms. The Balaban J connectivity index is 1.78. The first-order valence-corrected chi connectivity index (χ1v) is 14.0. The van der Waals surface area contributed by atoms with Crippen LogP contribution in [0.15, 0.2) is 43.5 Å². The average Bonchev–Trinajstić information content (AvgIpc) is 3.50. The minimum Gasteiger partial charge on any atom is -0.396 e. The second-order valence-corrected chi connectivity index (χ2v) is 12.1. The van der Waals surface area contributed by atoms with Gasteiger partial charge < -0.3 is 19.8 Å². The summed E-state index contributed by atoms with van der Waals surface area (Å²) in [5.41, 5.74) is 2.83. The molecule has 37 heavy (non-hydrogen) atoms. The van der Waals surface area contributed by atoms with Crippen LogP contribution in [0.3, 0.4) is 0 Å². The lowest BCUT2D eigenvalue weighted by Gasteiger charge is -2.38. The van der Waals surface area contributed by atoms with Gasteiger partial charge in [0, 0.05) is 44.2 Å². The van der Waals surface area contributed by atoms with E-state index in [4.69, 9.17) is 0 Å². The molecule has 1 N–H and O–H groups in total. The number of hydrogen-bond acceptors (Lipinski definition) is 5. The zero-order valence-corrected chi connectivity index (χ0v) is 23.0. The first kappa shape index (κ1) is 27.5. The molecule has 2 unspecified atom stereocenters. The molecule has 7 nitrogen and oxygen atoms in total. The van der Waals surface area contributed by atoms with E-state index < -0.39 is 22.6 Å². The summed E-state index contributed by atoms with van der Waals surface area (Å²) < 4.78 is -0.636. The Morgan fingerprint density at radius 3 is 2.46 bits per heavy atom. The number of amides is 3. The quantitative estimate of drug-likeness (QED) is 0.354. The Hall–Kier alpha value is -2.58. The second-order valence-electron chi connectivity index (χ2n) is 10.5. The number of aryl methyl sites for hydroxylation is 2. The fourth-order valence-electron chi connectivity index (χ4n) is 6.69. The normalized spacial score (nSPS) is 27.8. The summed E-state index contributed by atoms with van der Waals surface area (Å²) in [6.07, 6.45) is 6.11. The van der Waals surface area contributed by atoms with Crippen molar-refractivity contribution in [2.24, 2.45) is 11.8 Å². The second kappa shape index (κ2) is 11.0.